The van der Waals surface area contributed by atoms with Crippen LogP contribution < -0.4 is 10.5 Å². The fourth-order valence-corrected chi connectivity index (χ4v) is 3.06. The van der Waals surface area contributed by atoms with Gasteiger partial charge in [0.15, 0.2) is 0 Å². The second-order valence-electron chi connectivity index (χ2n) is 5.32. The van der Waals surface area contributed by atoms with Crippen LogP contribution in [0.4, 0.5) is 5.69 Å². The van der Waals surface area contributed by atoms with Gasteiger partial charge in [-0.25, -0.2) is 4.98 Å². The molecule has 0 amide bonds. The van der Waals surface area contributed by atoms with Crippen LogP contribution in [0, 0.1) is 13.8 Å². The second-order valence-corrected chi connectivity index (χ2v) is 6.18. The fraction of sp³-hybridized carbons (Fsp3) is 0.167. The lowest BCUT2D eigenvalue weighted by Gasteiger charge is -2.10. The molecule has 1 heterocycles. The minimum Gasteiger partial charge on any atom is -0.487 e. The lowest BCUT2D eigenvalue weighted by molar-refractivity contribution is 0.308. The number of hydrogen-bond acceptors (Lipinski definition) is 4. The van der Waals surface area contributed by atoms with Crippen molar-refractivity contribution in [3.05, 3.63) is 64.7 Å². The molecule has 0 aliphatic rings. The van der Waals surface area contributed by atoms with E-state index >= 15 is 0 Å². The van der Waals surface area contributed by atoms with Crippen LogP contribution in [-0.2, 0) is 6.61 Å². The molecular weight excluding hydrogens is 292 g/mol. The van der Waals surface area contributed by atoms with Gasteiger partial charge in [-0.2, -0.15) is 0 Å². The van der Waals surface area contributed by atoms with E-state index in [1.165, 1.54) is 5.56 Å². The number of benzene rings is 2. The van der Waals surface area contributed by atoms with Crippen LogP contribution in [0.3, 0.4) is 0 Å². The number of ether oxygens (including phenoxy) is 1. The Kier molecular flexibility index (Phi) is 4.11. The van der Waals surface area contributed by atoms with Crippen molar-refractivity contribution in [3.63, 3.8) is 0 Å². The van der Waals surface area contributed by atoms with E-state index in [0.717, 1.165) is 21.8 Å². The first-order valence-corrected chi connectivity index (χ1v) is 8.00. The molecule has 2 N–H and O–H groups in total. The topological polar surface area (TPSA) is 48.1 Å². The smallest absolute Gasteiger partial charge is 0.142 e. The van der Waals surface area contributed by atoms with Crippen molar-refractivity contribution in [2.75, 3.05) is 5.73 Å². The molecule has 112 valence electrons. The summed E-state index contributed by atoms with van der Waals surface area (Å²) in [5, 5.41) is 3.02. The number of aromatic nitrogens is 1. The lowest BCUT2D eigenvalue weighted by Crippen LogP contribution is -1.99. The Balaban J connectivity index is 1.75. The van der Waals surface area contributed by atoms with E-state index < -0.39 is 0 Å². The van der Waals surface area contributed by atoms with Gasteiger partial charge >= 0.3 is 0 Å². The van der Waals surface area contributed by atoms with Crippen molar-refractivity contribution in [1.82, 2.24) is 4.98 Å². The monoisotopic (exact) mass is 310 g/mol. The Morgan fingerprint density at radius 1 is 1.14 bits per heavy atom. The fourth-order valence-electron chi connectivity index (χ4n) is 2.26. The zero-order valence-electron chi connectivity index (χ0n) is 12.7. The standard InChI is InChI=1S/C18H18N2OS/c1-12-4-3-5-14(8-12)10-21-17-7-6-15(9-16(17)19)18-20-13(2)11-22-18/h3-9,11H,10,19H2,1-2H3. The number of rotatable bonds is 4. The normalized spacial score (nSPS) is 10.6. The molecule has 3 aromatic rings. The molecule has 3 nitrogen and oxygen atoms in total. The van der Waals surface area contributed by atoms with Gasteiger partial charge in [0.2, 0.25) is 0 Å². The van der Waals surface area contributed by atoms with E-state index in [1.54, 1.807) is 11.3 Å². The summed E-state index contributed by atoms with van der Waals surface area (Å²) < 4.78 is 5.83. The summed E-state index contributed by atoms with van der Waals surface area (Å²) in [5.74, 6) is 0.707. The Morgan fingerprint density at radius 3 is 2.68 bits per heavy atom. The van der Waals surface area contributed by atoms with Crippen LogP contribution in [-0.4, -0.2) is 4.98 Å². The largest absolute Gasteiger partial charge is 0.487 e. The summed E-state index contributed by atoms with van der Waals surface area (Å²) in [6.45, 7) is 4.58. The highest BCUT2D eigenvalue weighted by atomic mass is 32.1. The quantitative estimate of drug-likeness (QED) is 0.717. The van der Waals surface area contributed by atoms with E-state index in [2.05, 4.69) is 30.1 Å². The summed E-state index contributed by atoms with van der Waals surface area (Å²) >= 11 is 1.62. The Morgan fingerprint density at radius 2 is 2.00 bits per heavy atom. The van der Waals surface area contributed by atoms with E-state index in [1.807, 2.05) is 36.6 Å². The van der Waals surface area contributed by atoms with Crippen LogP contribution in [0.1, 0.15) is 16.8 Å². The van der Waals surface area contributed by atoms with Gasteiger partial charge in [-0.3, -0.25) is 0 Å². The van der Waals surface area contributed by atoms with Gasteiger partial charge in [0.1, 0.15) is 17.4 Å². The Hall–Kier alpha value is -2.33. The minimum absolute atomic E-state index is 0.515. The first-order valence-electron chi connectivity index (χ1n) is 7.12. The van der Waals surface area contributed by atoms with Gasteiger partial charge in [0.05, 0.1) is 5.69 Å². The van der Waals surface area contributed by atoms with E-state index in [-0.39, 0.29) is 0 Å². The number of nitrogens with two attached hydrogens (primary N) is 1. The van der Waals surface area contributed by atoms with Gasteiger partial charge in [-0.15, -0.1) is 11.3 Å². The maximum absolute atomic E-state index is 6.11. The highest BCUT2D eigenvalue weighted by Crippen LogP contribution is 2.30. The molecule has 0 aliphatic heterocycles. The van der Waals surface area contributed by atoms with Crippen LogP contribution in [0.15, 0.2) is 47.8 Å². The molecule has 4 heteroatoms. The number of nitrogen functional groups attached to an aromatic ring is 1. The molecule has 0 radical (unpaired) electrons. The zero-order valence-corrected chi connectivity index (χ0v) is 13.5. The highest BCUT2D eigenvalue weighted by molar-refractivity contribution is 7.13. The maximum atomic E-state index is 6.11. The molecule has 0 spiro atoms. The Bertz CT molecular complexity index is 795. The number of aryl methyl sites for hydroxylation is 2. The van der Waals surface area contributed by atoms with Crippen LogP contribution in [0.5, 0.6) is 5.75 Å². The van der Waals surface area contributed by atoms with Crippen LogP contribution in [0.25, 0.3) is 10.6 Å². The van der Waals surface area contributed by atoms with E-state index in [0.29, 0.717) is 18.0 Å². The zero-order chi connectivity index (χ0) is 15.5. The molecule has 0 bridgehead atoms. The third-order valence-corrected chi connectivity index (χ3v) is 4.36. The van der Waals surface area contributed by atoms with Crippen LogP contribution >= 0.6 is 11.3 Å². The van der Waals surface area contributed by atoms with Gasteiger partial charge in [0, 0.05) is 16.6 Å². The second kappa shape index (κ2) is 6.20. The van der Waals surface area contributed by atoms with Crippen LogP contribution in [0.2, 0.25) is 0 Å². The van der Waals surface area contributed by atoms with E-state index in [4.69, 9.17) is 10.5 Å². The third kappa shape index (κ3) is 3.28. The van der Waals surface area contributed by atoms with Gasteiger partial charge < -0.3 is 10.5 Å². The number of thiazole rings is 1. The van der Waals surface area contributed by atoms with Crippen molar-refractivity contribution in [2.45, 2.75) is 20.5 Å². The predicted octanol–water partition coefficient (Wildman–Crippen LogP) is 4.59. The SMILES string of the molecule is Cc1cccc(COc2ccc(-c3nc(C)cs3)cc2N)c1. The molecule has 22 heavy (non-hydrogen) atoms. The predicted molar refractivity (Wildman–Crippen MR) is 92.2 cm³/mol. The van der Waals surface area contributed by atoms with Crippen molar-refractivity contribution >= 4 is 17.0 Å². The average Bonchev–Trinajstić information content (AvgIpc) is 2.93. The Labute approximate surface area is 134 Å². The average molecular weight is 310 g/mol. The third-order valence-electron chi connectivity index (χ3n) is 3.35. The van der Waals surface area contributed by atoms with Crippen molar-refractivity contribution in [3.8, 4) is 16.3 Å². The van der Waals surface area contributed by atoms with Gasteiger partial charge in [0.25, 0.3) is 0 Å². The number of nitrogens with zero attached hydrogens (tertiary/aromatic N) is 1. The summed E-state index contributed by atoms with van der Waals surface area (Å²) in [7, 11) is 0. The molecule has 0 atom stereocenters. The highest BCUT2D eigenvalue weighted by Gasteiger charge is 2.07. The molecular formula is C18H18N2OS. The first-order chi connectivity index (χ1) is 10.6. The molecule has 1 aromatic heterocycles. The van der Waals surface area contributed by atoms with E-state index in [9.17, 15) is 0 Å². The summed E-state index contributed by atoms with van der Waals surface area (Å²) in [4.78, 5) is 4.48. The maximum Gasteiger partial charge on any atom is 0.142 e. The molecule has 0 unspecified atom stereocenters. The molecule has 0 saturated carbocycles. The number of hydrogen-bond donors (Lipinski definition) is 1. The van der Waals surface area contributed by atoms with Gasteiger partial charge in [-0.05, 0) is 37.6 Å². The van der Waals surface area contributed by atoms with Gasteiger partial charge in [-0.1, -0.05) is 29.8 Å². The molecule has 0 aliphatic carbocycles. The molecule has 0 saturated heterocycles. The number of anilines is 1. The summed E-state index contributed by atoms with van der Waals surface area (Å²) in [6, 6.07) is 14.1. The van der Waals surface area contributed by atoms with Crippen molar-refractivity contribution < 1.29 is 4.74 Å². The summed E-state index contributed by atoms with van der Waals surface area (Å²) in [6.07, 6.45) is 0. The molecule has 2 aromatic carbocycles. The molecule has 3 rings (SSSR count). The van der Waals surface area contributed by atoms with Crippen molar-refractivity contribution in [2.24, 2.45) is 0 Å². The van der Waals surface area contributed by atoms with Crippen molar-refractivity contribution in [1.29, 1.82) is 0 Å². The summed E-state index contributed by atoms with van der Waals surface area (Å²) in [5.41, 5.74) is 11.2. The molecule has 0 fully saturated rings. The minimum atomic E-state index is 0.515. The lowest BCUT2D eigenvalue weighted by atomic mass is 10.1. The first kappa shape index (κ1) is 14.6.